The maximum atomic E-state index is 5.31. The lowest BCUT2D eigenvalue weighted by molar-refractivity contribution is 1.19. The lowest BCUT2D eigenvalue weighted by atomic mass is 10.0. The highest BCUT2D eigenvalue weighted by molar-refractivity contribution is 6.14. The molecule has 0 aliphatic carbocycles. The number of aromatic nitrogens is 20. The van der Waals surface area contributed by atoms with Crippen LogP contribution in [0.1, 0.15) is 22.8 Å². The van der Waals surface area contributed by atoms with Crippen LogP contribution in [0.5, 0.6) is 0 Å². The van der Waals surface area contributed by atoms with Crippen molar-refractivity contribution in [3.63, 3.8) is 0 Å². The van der Waals surface area contributed by atoms with Crippen LogP contribution in [0.2, 0.25) is 0 Å². The summed E-state index contributed by atoms with van der Waals surface area (Å²) in [4.78, 5) is 91.6. The van der Waals surface area contributed by atoms with Gasteiger partial charge in [-0.15, -0.1) is 0 Å². The van der Waals surface area contributed by atoms with Crippen LogP contribution >= 0.6 is 0 Å². The molecule has 0 unspecified atom stereocenters. The van der Waals surface area contributed by atoms with E-state index in [2.05, 4.69) is 216 Å². The standard InChI is InChI=1S/C48H26N8.C32H18N8.C20H14N4/c1-2-10-26-18-34-33(17-25(26)9-1)41-49-42(34)54-44-37-21-29-13-5-6-14-30(29)22-38(37)46(51-44)56-48-40-24-32-16-8-7-15-31(32)23-39(40)47(52-48)55-45-36-20-28-12-4-3-11-27(28)19-35(36)43(50-45)53-41;1-2-10-18-17(9-1)25-33-26(18)38-28-21-13-5-6-14-22(21)30(35-28)40-32-24-16-8-7-15-23(24)31(36-32)39-29-20-12-4-3-11-19(20)27(34-29)37-25;1-2-14-10-16-5-6-18(23-16)12-20-8-7-19(24-20)11-17-4-3-15(22-17)9-13(1)21-14/h1-24H,(H2,49,50,51,52,53,54,55,56);1-16H,(H2,33,34,35,36,37,38,39,40);1-12,21-22H. The summed E-state index contributed by atoms with van der Waals surface area (Å²) in [5.74, 6) is 4.71. The number of nitrogens with one attached hydrogen (secondary N) is 6. The van der Waals surface area contributed by atoms with E-state index in [0.717, 1.165) is 176 Å². The molecule has 0 amide bonds. The number of rotatable bonds is 0. The zero-order valence-electron chi connectivity index (χ0n) is 63.3. The molecule has 0 saturated carbocycles. The van der Waals surface area contributed by atoms with Gasteiger partial charge < -0.3 is 29.9 Å². The van der Waals surface area contributed by atoms with E-state index in [-0.39, 0.29) is 0 Å². The highest BCUT2D eigenvalue weighted by Crippen LogP contribution is 2.43. The fraction of sp³-hybridized carbons (Fsp3) is 0. The van der Waals surface area contributed by atoms with Crippen LogP contribution in [0, 0.1) is 0 Å². The van der Waals surface area contributed by atoms with E-state index < -0.39 is 0 Å². The first-order valence-corrected chi connectivity index (χ1v) is 39.5. The predicted molar refractivity (Wildman–Crippen MR) is 481 cm³/mol. The maximum absolute atomic E-state index is 5.31. The molecule has 0 spiro atoms. The van der Waals surface area contributed by atoms with Crippen molar-refractivity contribution in [2.75, 3.05) is 0 Å². The lowest BCUT2D eigenvalue weighted by Gasteiger charge is -2.03. The largest absolute Gasteiger partial charge is 0.355 e. The Morgan fingerprint density at radius 1 is 0.142 bits per heavy atom. The van der Waals surface area contributed by atoms with E-state index >= 15 is 0 Å². The molecule has 21 aromatic rings. The summed E-state index contributed by atoms with van der Waals surface area (Å²) in [6.45, 7) is 0. The summed E-state index contributed by atoms with van der Waals surface area (Å²) in [5, 5.41) is 16.5. The van der Waals surface area contributed by atoms with Crippen molar-refractivity contribution >= 4 is 178 Å². The van der Waals surface area contributed by atoms with Gasteiger partial charge in [0.2, 0.25) is 0 Å². The Hall–Kier alpha value is -17.0. The quantitative estimate of drug-likeness (QED) is 0.0824. The molecule has 12 aromatic carbocycles. The second kappa shape index (κ2) is 26.3. The third-order valence-corrected chi connectivity index (χ3v) is 22.8. The number of nitrogens with zero attached hydrogens (tertiary/aromatic N) is 14. The van der Waals surface area contributed by atoms with Crippen molar-refractivity contribution in [2.45, 2.75) is 0 Å². The van der Waals surface area contributed by atoms with E-state index in [1.165, 1.54) is 0 Å². The average Bonchev–Trinajstić information content (AvgIpc) is 1.53. The van der Waals surface area contributed by atoms with Crippen molar-refractivity contribution in [1.29, 1.82) is 0 Å². The van der Waals surface area contributed by atoms with E-state index in [0.29, 0.717) is 91.8 Å². The summed E-state index contributed by atoms with van der Waals surface area (Å²) in [6.07, 6.45) is 8.05. The number of H-pyrrole nitrogens is 6. The van der Waals surface area contributed by atoms with E-state index in [1.807, 2.05) is 140 Å². The molecule has 0 atom stereocenters. The van der Waals surface area contributed by atoms with Crippen LogP contribution < -0.4 is 0 Å². The topological polar surface area (TPSA) is 275 Å². The first-order valence-electron chi connectivity index (χ1n) is 39.5. The lowest BCUT2D eigenvalue weighted by Crippen LogP contribution is -1.84. The molecule has 27 rings (SSSR count). The molecule has 0 fully saturated rings. The molecule has 6 aliphatic heterocycles. The zero-order valence-corrected chi connectivity index (χ0v) is 63.3. The Labute approximate surface area is 678 Å². The van der Waals surface area contributed by atoms with Crippen LogP contribution in [-0.4, -0.2) is 99.7 Å². The normalized spacial score (nSPS) is 12.3. The van der Waals surface area contributed by atoms with Gasteiger partial charge in [-0.05, 0) is 164 Å². The van der Waals surface area contributed by atoms with E-state index in [9.17, 15) is 0 Å². The molecule has 0 saturated heterocycles. The van der Waals surface area contributed by atoms with Crippen molar-refractivity contribution in [3.05, 3.63) is 314 Å². The monoisotopic (exact) mass is 1540 g/mol. The molecule has 120 heavy (non-hydrogen) atoms. The highest BCUT2D eigenvalue weighted by Gasteiger charge is 2.27. The van der Waals surface area contributed by atoms with Crippen LogP contribution in [0.15, 0.2) is 291 Å². The first-order chi connectivity index (χ1) is 59.3. The summed E-state index contributed by atoms with van der Waals surface area (Å²) in [6, 6.07) is 99.5. The Kier molecular flexibility index (Phi) is 14.5. The van der Waals surface area contributed by atoms with Crippen molar-refractivity contribution in [3.8, 4) is 91.1 Å². The molecular weight excluding hydrogens is 1480 g/mol. The van der Waals surface area contributed by atoms with Gasteiger partial charge in [-0.25, -0.2) is 69.8 Å². The van der Waals surface area contributed by atoms with E-state index in [4.69, 9.17) is 59.8 Å². The Morgan fingerprint density at radius 2 is 0.350 bits per heavy atom. The van der Waals surface area contributed by atoms with E-state index in [1.54, 1.807) is 0 Å². The van der Waals surface area contributed by atoms with Crippen LogP contribution in [0.3, 0.4) is 0 Å². The van der Waals surface area contributed by atoms with Crippen LogP contribution in [-0.2, 0) is 0 Å². The van der Waals surface area contributed by atoms with Gasteiger partial charge in [-0.3, -0.25) is 0 Å². The molecule has 558 valence electrons. The first kappa shape index (κ1) is 66.4. The van der Waals surface area contributed by atoms with Gasteiger partial charge in [-0.2, -0.15) is 0 Å². The molecule has 20 nitrogen and oxygen atoms in total. The zero-order chi connectivity index (χ0) is 78.6. The third-order valence-electron chi connectivity index (χ3n) is 22.8. The predicted octanol–water partition coefficient (Wildman–Crippen LogP) is 23.0. The van der Waals surface area contributed by atoms with Crippen LogP contribution in [0.4, 0.5) is 0 Å². The second-order valence-corrected chi connectivity index (χ2v) is 30.3. The Bertz CT molecular complexity index is 7850. The minimum absolute atomic E-state index is 0.580. The molecule has 20 heteroatoms. The van der Waals surface area contributed by atoms with Gasteiger partial charge in [0.15, 0.2) is 46.6 Å². The summed E-state index contributed by atoms with van der Waals surface area (Å²) >= 11 is 0. The third kappa shape index (κ3) is 11.3. The number of hydrogen-bond acceptors (Lipinski definition) is 14. The summed E-state index contributed by atoms with van der Waals surface area (Å²) in [7, 11) is 0. The molecule has 6 N–H and O–H groups in total. The van der Waals surface area contributed by atoms with Gasteiger partial charge in [0.25, 0.3) is 0 Å². The average molecular weight is 1540 g/mol. The van der Waals surface area contributed by atoms with Crippen molar-refractivity contribution < 1.29 is 0 Å². The van der Waals surface area contributed by atoms with Gasteiger partial charge in [0.05, 0.1) is 22.8 Å². The van der Waals surface area contributed by atoms with Gasteiger partial charge >= 0.3 is 0 Å². The molecule has 24 bridgehead atoms. The molecule has 0 radical (unpaired) electrons. The highest BCUT2D eigenvalue weighted by atomic mass is 15.1. The molecule has 6 aliphatic rings. The Morgan fingerprint density at radius 3 is 0.617 bits per heavy atom. The fourth-order valence-electron chi connectivity index (χ4n) is 17.1. The number of aromatic amines is 6. The van der Waals surface area contributed by atoms with Crippen LogP contribution in [0.25, 0.3) is 269 Å². The van der Waals surface area contributed by atoms with Crippen molar-refractivity contribution in [2.24, 2.45) is 0 Å². The number of fused-ring (bicyclic) bond motifs is 52. The summed E-state index contributed by atoms with van der Waals surface area (Å²) < 4.78 is 0. The number of benzene rings is 12. The fourth-order valence-corrected chi connectivity index (χ4v) is 17.1. The molecular formula is C100H58N20. The minimum Gasteiger partial charge on any atom is -0.355 e. The molecule has 9 aromatic heterocycles. The molecule has 15 heterocycles. The Balaban J connectivity index is 0.000000108. The van der Waals surface area contributed by atoms with Gasteiger partial charge in [0.1, 0.15) is 45.2 Å². The SMILES string of the molecule is C1=Cc2cc3ccc(cc4ccc(cc5nc(cc1n2)C=C5)[nH]4)[nH]3.c1ccc2c(c1)-c1nc-2nc2[nH]c(nc3nc(nc4[nH]c(n1)c1ccccc41)-c1ccccc1-3)c1ccccc21.c1ccc2cc3c(cc2c1)-c1nc-3nc2[nH]c(nc3nc(nc4[nH]c(n1)c1cc5ccccc5cc41)-c1cc4ccccc4cc1-3)c1cc3ccccc3cc21. The van der Waals surface area contributed by atoms with Crippen molar-refractivity contribution in [1.82, 2.24) is 99.7 Å². The number of hydrogen-bond donors (Lipinski definition) is 6. The second-order valence-electron chi connectivity index (χ2n) is 30.3. The smallest absolute Gasteiger partial charge is 0.164 e. The minimum atomic E-state index is 0.580. The van der Waals surface area contributed by atoms with Gasteiger partial charge in [-0.1, -0.05) is 194 Å². The summed E-state index contributed by atoms with van der Waals surface area (Å²) in [5.41, 5.74) is 20.6. The maximum Gasteiger partial charge on any atom is 0.164 e. The van der Waals surface area contributed by atoms with Gasteiger partial charge in [0, 0.05) is 110 Å².